The van der Waals surface area contributed by atoms with Crippen LogP contribution in [0.1, 0.15) is 38.7 Å². The number of Topliss-reactive ketones (excluding diaryl/α,β-unsaturated/α-hetero) is 1. The second kappa shape index (κ2) is 11.7. The van der Waals surface area contributed by atoms with E-state index in [0.29, 0.717) is 51.8 Å². The second-order valence-corrected chi connectivity index (χ2v) is 9.84. The molecule has 8 nitrogen and oxygen atoms in total. The van der Waals surface area contributed by atoms with Crippen molar-refractivity contribution in [3.8, 4) is 11.5 Å². The lowest BCUT2D eigenvalue weighted by atomic mass is 9.69. The number of nitrogens with one attached hydrogen (secondary N) is 1. The Labute approximate surface area is 210 Å². The Kier molecular flexibility index (Phi) is 8.88. The number of para-hydroxylation sites is 1. The van der Waals surface area contributed by atoms with Crippen molar-refractivity contribution in [1.82, 2.24) is 5.32 Å². The predicted octanol–water partition coefficient (Wildman–Crippen LogP) is 3.61. The van der Waals surface area contributed by atoms with Crippen LogP contribution in [-0.2, 0) is 23.9 Å². The molecule has 3 atom stereocenters. The monoisotopic (exact) mass is 503 g/mol. The quantitative estimate of drug-likeness (QED) is 0.308. The fourth-order valence-corrected chi connectivity index (χ4v) is 5.31. The highest BCUT2D eigenvalue weighted by atomic mass is 32.2. The summed E-state index contributed by atoms with van der Waals surface area (Å²) >= 11 is 1.67. The molecule has 0 amide bonds. The Morgan fingerprint density at radius 2 is 1.91 bits per heavy atom. The molecule has 3 unspecified atom stereocenters. The minimum absolute atomic E-state index is 0.248. The largest absolute Gasteiger partial charge is 0.493 e. The summed E-state index contributed by atoms with van der Waals surface area (Å²) in [5.41, 5.74) is 2.53. The molecule has 0 spiro atoms. The van der Waals surface area contributed by atoms with E-state index in [9.17, 15) is 14.4 Å². The maximum Gasteiger partial charge on any atom is 0.336 e. The first kappa shape index (κ1) is 26.7. The highest BCUT2D eigenvalue weighted by molar-refractivity contribution is 7.99. The van der Waals surface area contributed by atoms with Crippen LogP contribution >= 0.6 is 11.8 Å². The highest BCUT2D eigenvalue weighted by Crippen LogP contribution is 2.49. The van der Waals surface area contributed by atoms with E-state index < -0.39 is 23.8 Å². The average Bonchev–Trinajstić information content (AvgIpc) is 2.84. The molecule has 1 N–H and O–H groups in total. The van der Waals surface area contributed by atoms with Crippen LogP contribution in [0.2, 0.25) is 0 Å². The van der Waals surface area contributed by atoms with Crippen molar-refractivity contribution >= 4 is 29.5 Å². The minimum atomic E-state index is -0.962. The van der Waals surface area contributed by atoms with Gasteiger partial charge in [0.1, 0.15) is 12.5 Å². The van der Waals surface area contributed by atoms with Crippen LogP contribution in [0.5, 0.6) is 11.5 Å². The number of methoxy groups -OCH3 is 3. The van der Waals surface area contributed by atoms with Gasteiger partial charge in [-0.05, 0) is 31.1 Å². The van der Waals surface area contributed by atoms with E-state index >= 15 is 0 Å². The molecule has 0 aromatic heterocycles. The van der Waals surface area contributed by atoms with E-state index in [2.05, 4.69) is 5.32 Å². The van der Waals surface area contributed by atoms with Gasteiger partial charge in [0.05, 0.1) is 32.8 Å². The zero-order chi connectivity index (χ0) is 25.7. The molecule has 2 aliphatic rings. The Bertz CT molecular complexity index is 1060. The van der Waals surface area contributed by atoms with Crippen molar-refractivity contribution in [2.24, 2.45) is 11.8 Å². The van der Waals surface area contributed by atoms with Crippen molar-refractivity contribution in [3.63, 3.8) is 0 Å². The molecule has 0 saturated heterocycles. The maximum atomic E-state index is 13.8. The van der Waals surface area contributed by atoms with Crippen LogP contribution in [0.4, 0.5) is 0 Å². The average molecular weight is 504 g/mol. The van der Waals surface area contributed by atoms with Crippen LogP contribution in [0.25, 0.3) is 0 Å². The third-order valence-corrected chi connectivity index (χ3v) is 7.24. The Morgan fingerprint density at radius 1 is 1.17 bits per heavy atom. The lowest BCUT2D eigenvalue weighted by Gasteiger charge is -2.38. The first-order valence-electron chi connectivity index (χ1n) is 11.6. The van der Waals surface area contributed by atoms with Crippen molar-refractivity contribution in [3.05, 3.63) is 46.3 Å². The summed E-state index contributed by atoms with van der Waals surface area (Å²) in [6.07, 6.45) is 0.455. The van der Waals surface area contributed by atoms with E-state index in [1.165, 1.54) is 21.3 Å². The summed E-state index contributed by atoms with van der Waals surface area (Å²) in [6, 6.07) is 5.33. The fraction of sp³-hybridized carbons (Fsp3) is 0.500. The summed E-state index contributed by atoms with van der Waals surface area (Å²) in [7, 11) is 4.31. The number of esters is 2. The normalized spacial score (nSPS) is 21.8. The van der Waals surface area contributed by atoms with Gasteiger partial charge in [-0.2, -0.15) is 11.8 Å². The molecule has 0 bridgehead atoms. The SMILES string of the molecule is CCSCCOC(=O)C1=C(C)NC2=C(C(=O)C(C(=O)OC)C(C)C2)C1c1cccc(OC)c1OC. The number of hydrogen-bond acceptors (Lipinski definition) is 9. The summed E-state index contributed by atoms with van der Waals surface area (Å²) in [6.45, 7) is 5.93. The van der Waals surface area contributed by atoms with Gasteiger partial charge in [-0.3, -0.25) is 9.59 Å². The van der Waals surface area contributed by atoms with E-state index in [4.69, 9.17) is 18.9 Å². The summed E-state index contributed by atoms with van der Waals surface area (Å²) in [4.78, 5) is 39.8. The molecule has 1 aromatic rings. The minimum Gasteiger partial charge on any atom is -0.493 e. The number of hydrogen-bond donors (Lipinski definition) is 1. The number of carbonyl (C=O) groups excluding carboxylic acids is 3. The second-order valence-electron chi connectivity index (χ2n) is 8.45. The van der Waals surface area contributed by atoms with Crippen molar-refractivity contribution in [2.45, 2.75) is 33.1 Å². The number of ether oxygens (including phenoxy) is 4. The fourth-order valence-electron chi connectivity index (χ4n) is 4.82. The molecule has 0 fully saturated rings. The highest BCUT2D eigenvalue weighted by Gasteiger charge is 2.48. The standard InChI is InChI=1S/C26H33NO7S/c1-7-35-12-11-34-26(30)20-15(3)27-17-13-14(2)19(25(29)33-6)23(28)22(17)21(20)16-9-8-10-18(31-4)24(16)32-5/h8-10,14,19,21,27H,7,11-13H2,1-6H3. The molecule has 1 aliphatic carbocycles. The third kappa shape index (κ3) is 5.19. The third-order valence-electron chi connectivity index (χ3n) is 6.37. The van der Waals surface area contributed by atoms with Gasteiger partial charge in [0.2, 0.25) is 0 Å². The molecule has 0 saturated carbocycles. The Hall–Kier alpha value is -2.94. The lowest BCUT2D eigenvalue weighted by molar-refractivity contribution is -0.151. The van der Waals surface area contributed by atoms with E-state index in [1.807, 2.05) is 13.8 Å². The van der Waals surface area contributed by atoms with Crippen molar-refractivity contribution in [2.75, 3.05) is 39.4 Å². The summed E-state index contributed by atoms with van der Waals surface area (Å²) in [5, 5.41) is 3.26. The summed E-state index contributed by atoms with van der Waals surface area (Å²) in [5.74, 6) is -1.02. The number of benzene rings is 1. The summed E-state index contributed by atoms with van der Waals surface area (Å²) < 4.78 is 21.7. The molecular weight excluding hydrogens is 470 g/mol. The van der Waals surface area contributed by atoms with Gasteiger partial charge in [-0.15, -0.1) is 0 Å². The molecule has 1 heterocycles. The van der Waals surface area contributed by atoms with Gasteiger partial charge in [-0.25, -0.2) is 4.79 Å². The van der Waals surface area contributed by atoms with Crippen LogP contribution in [0, 0.1) is 11.8 Å². The van der Waals surface area contributed by atoms with Gasteiger partial charge < -0.3 is 24.3 Å². The lowest BCUT2D eigenvalue weighted by Crippen LogP contribution is -2.43. The number of carbonyl (C=O) groups is 3. The Balaban J connectivity index is 2.18. The van der Waals surface area contributed by atoms with Crippen molar-refractivity contribution < 1.29 is 33.3 Å². The van der Waals surface area contributed by atoms with E-state index in [1.54, 1.807) is 36.9 Å². The Morgan fingerprint density at radius 3 is 2.54 bits per heavy atom. The number of allylic oxidation sites excluding steroid dienone is 3. The molecule has 0 radical (unpaired) electrons. The van der Waals surface area contributed by atoms with Gasteiger partial charge in [0.25, 0.3) is 0 Å². The van der Waals surface area contributed by atoms with Crippen LogP contribution in [0.15, 0.2) is 40.7 Å². The maximum absolute atomic E-state index is 13.8. The number of thioether (sulfide) groups is 1. The molecule has 1 aliphatic heterocycles. The molecule has 9 heteroatoms. The molecule has 190 valence electrons. The predicted molar refractivity (Wildman–Crippen MR) is 133 cm³/mol. The zero-order valence-electron chi connectivity index (χ0n) is 21.1. The zero-order valence-corrected chi connectivity index (χ0v) is 21.9. The van der Waals surface area contributed by atoms with E-state index in [-0.39, 0.29) is 18.3 Å². The number of rotatable bonds is 9. The van der Waals surface area contributed by atoms with Gasteiger partial charge in [-0.1, -0.05) is 26.0 Å². The van der Waals surface area contributed by atoms with E-state index in [0.717, 1.165) is 5.75 Å². The molecule has 3 rings (SSSR count). The first-order chi connectivity index (χ1) is 16.8. The topological polar surface area (TPSA) is 100 Å². The molecule has 35 heavy (non-hydrogen) atoms. The van der Waals surface area contributed by atoms with Crippen LogP contribution < -0.4 is 14.8 Å². The smallest absolute Gasteiger partial charge is 0.336 e. The van der Waals surface area contributed by atoms with Crippen LogP contribution in [-0.4, -0.2) is 57.2 Å². The van der Waals surface area contributed by atoms with Gasteiger partial charge in [0.15, 0.2) is 17.3 Å². The first-order valence-corrected chi connectivity index (χ1v) is 12.7. The number of dihydropyridines is 1. The van der Waals surface area contributed by atoms with Crippen LogP contribution in [0.3, 0.4) is 0 Å². The number of ketones is 1. The van der Waals surface area contributed by atoms with Gasteiger partial charge in [0, 0.05) is 28.3 Å². The molecular formula is C26H33NO7S. The van der Waals surface area contributed by atoms with Crippen molar-refractivity contribution in [1.29, 1.82) is 0 Å². The van der Waals surface area contributed by atoms with Gasteiger partial charge >= 0.3 is 11.9 Å². The molecule has 1 aromatic carbocycles.